The van der Waals surface area contributed by atoms with E-state index in [0.717, 1.165) is 0 Å². The Hall–Kier alpha value is -4.51. The summed E-state index contributed by atoms with van der Waals surface area (Å²) in [6.45, 7) is 3.88. The SMILES string of the molecule is C[C@@H]1CN([C@H](C)CO)C(=O)c2cc(NC(=O)c3ccncc3)ccc2O[C@@H]1CN(C)C(=O)Nc1ccc(F)cc1. The van der Waals surface area contributed by atoms with Crippen molar-refractivity contribution in [3.05, 3.63) is 83.9 Å². The molecule has 1 aromatic heterocycles. The monoisotopic (exact) mass is 549 g/mol. The van der Waals surface area contributed by atoms with E-state index in [-0.39, 0.29) is 43.0 Å². The molecule has 0 aliphatic carbocycles. The first-order chi connectivity index (χ1) is 19.2. The lowest BCUT2D eigenvalue weighted by atomic mass is 9.99. The van der Waals surface area contributed by atoms with Crippen molar-refractivity contribution in [1.29, 1.82) is 0 Å². The van der Waals surface area contributed by atoms with Gasteiger partial charge in [0.2, 0.25) is 0 Å². The Labute approximate surface area is 231 Å². The van der Waals surface area contributed by atoms with Crippen LogP contribution in [0.1, 0.15) is 34.6 Å². The lowest BCUT2D eigenvalue weighted by Gasteiger charge is -2.38. The molecule has 0 spiro atoms. The van der Waals surface area contributed by atoms with Gasteiger partial charge in [-0.25, -0.2) is 9.18 Å². The number of rotatable bonds is 7. The highest BCUT2D eigenvalue weighted by Crippen LogP contribution is 2.31. The number of carbonyl (C=O) groups excluding carboxylic acids is 3. The number of aliphatic hydroxyl groups excluding tert-OH is 1. The van der Waals surface area contributed by atoms with Gasteiger partial charge in [0.25, 0.3) is 11.8 Å². The molecule has 0 saturated heterocycles. The molecule has 0 saturated carbocycles. The molecule has 3 N–H and O–H groups in total. The van der Waals surface area contributed by atoms with Gasteiger partial charge in [0, 0.05) is 48.8 Å². The first kappa shape index (κ1) is 28.5. The topological polar surface area (TPSA) is 124 Å². The van der Waals surface area contributed by atoms with E-state index in [9.17, 15) is 23.9 Å². The predicted octanol–water partition coefficient (Wildman–Crippen LogP) is 3.86. The third-order valence-electron chi connectivity index (χ3n) is 6.76. The number of anilines is 2. The number of carbonyl (C=O) groups is 3. The molecule has 3 atom stereocenters. The molecular weight excluding hydrogens is 517 g/mol. The fraction of sp³-hybridized carbons (Fsp3) is 0.310. The average Bonchev–Trinajstić information content (AvgIpc) is 2.96. The van der Waals surface area contributed by atoms with E-state index in [0.29, 0.717) is 22.7 Å². The lowest BCUT2D eigenvalue weighted by Crippen LogP contribution is -2.50. The van der Waals surface area contributed by atoms with Crippen LogP contribution >= 0.6 is 0 Å². The standard InChI is InChI=1S/C29H32FN5O5/c1-18-15-35(19(2)17-36)28(38)24-14-23(32-27(37)20-10-12-31-13-11-20)8-9-25(24)40-26(18)16-34(3)29(39)33-22-6-4-21(30)5-7-22/h4-14,18-19,26,36H,15-17H2,1-3H3,(H,32,37)(H,33,39)/t18-,19-,26-/m1/s1. The zero-order valence-corrected chi connectivity index (χ0v) is 22.5. The van der Waals surface area contributed by atoms with Crippen LogP contribution in [-0.4, -0.2) is 76.6 Å². The smallest absolute Gasteiger partial charge is 0.321 e. The maximum Gasteiger partial charge on any atom is 0.321 e. The number of hydrogen-bond acceptors (Lipinski definition) is 6. The number of likely N-dealkylation sites (N-methyl/N-ethyl adjacent to an activating group) is 1. The molecule has 2 heterocycles. The van der Waals surface area contributed by atoms with Gasteiger partial charge < -0.3 is 30.3 Å². The zero-order valence-electron chi connectivity index (χ0n) is 22.5. The van der Waals surface area contributed by atoms with Crippen LogP contribution in [0.2, 0.25) is 0 Å². The summed E-state index contributed by atoms with van der Waals surface area (Å²) < 4.78 is 19.5. The minimum Gasteiger partial charge on any atom is -0.487 e. The number of nitrogens with one attached hydrogen (secondary N) is 2. The van der Waals surface area contributed by atoms with Crippen LogP contribution in [0.4, 0.5) is 20.6 Å². The molecule has 1 aliphatic heterocycles. The molecular formula is C29H32FN5O5. The van der Waals surface area contributed by atoms with Gasteiger partial charge in [-0.2, -0.15) is 0 Å². The van der Waals surface area contributed by atoms with Crippen molar-refractivity contribution in [1.82, 2.24) is 14.8 Å². The van der Waals surface area contributed by atoms with Crippen molar-refractivity contribution in [3.63, 3.8) is 0 Å². The molecule has 3 aromatic rings. The van der Waals surface area contributed by atoms with Gasteiger partial charge in [-0.3, -0.25) is 14.6 Å². The summed E-state index contributed by atoms with van der Waals surface area (Å²) in [5.41, 5.74) is 1.49. The number of amides is 4. The second-order valence-corrected chi connectivity index (χ2v) is 9.84. The molecule has 2 aromatic carbocycles. The van der Waals surface area contributed by atoms with Crippen LogP contribution < -0.4 is 15.4 Å². The average molecular weight is 550 g/mol. The summed E-state index contributed by atoms with van der Waals surface area (Å²) in [6, 6.07) is 12.5. The van der Waals surface area contributed by atoms with Crippen molar-refractivity contribution in [3.8, 4) is 5.75 Å². The fourth-order valence-electron chi connectivity index (χ4n) is 4.33. The van der Waals surface area contributed by atoms with Gasteiger partial charge in [-0.15, -0.1) is 0 Å². The molecule has 4 rings (SSSR count). The predicted molar refractivity (Wildman–Crippen MR) is 148 cm³/mol. The normalized spacial score (nSPS) is 17.5. The first-order valence-corrected chi connectivity index (χ1v) is 12.9. The van der Waals surface area contributed by atoms with Gasteiger partial charge >= 0.3 is 6.03 Å². The molecule has 210 valence electrons. The largest absolute Gasteiger partial charge is 0.487 e. The molecule has 11 heteroatoms. The van der Waals surface area contributed by atoms with Crippen molar-refractivity contribution in [2.75, 3.05) is 37.4 Å². The number of hydrogen-bond donors (Lipinski definition) is 3. The third kappa shape index (κ3) is 6.73. The third-order valence-corrected chi connectivity index (χ3v) is 6.76. The molecule has 0 radical (unpaired) electrons. The summed E-state index contributed by atoms with van der Waals surface area (Å²) >= 11 is 0. The van der Waals surface area contributed by atoms with Crippen molar-refractivity contribution < 1.29 is 28.6 Å². The Morgan fingerprint density at radius 2 is 1.80 bits per heavy atom. The van der Waals surface area contributed by atoms with Gasteiger partial charge in [-0.1, -0.05) is 6.92 Å². The molecule has 0 unspecified atom stereocenters. The number of fused-ring (bicyclic) bond motifs is 1. The summed E-state index contributed by atoms with van der Waals surface area (Å²) in [6.07, 6.45) is 2.51. The summed E-state index contributed by atoms with van der Waals surface area (Å²) in [5, 5.41) is 15.4. The Bertz CT molecular complexity index is 1350. The lowest BCUT2D eigenvalue weighted by molar-refractivity contribution is 0.0371. The van der Waals surface area contributed by atoms with Crippen LogP contribution in [-0.2, 0) is 0 Å². The van der Waals surface area contributed by atoms with E-state index >= 15 is 0 Å². The van der Waals surface area contributed by atoms with Crippen LogP contribution in [0.25, 0.3) is 0 Å². The summed E-state index contributed by atoms with van der Waals surface area (Å²) in [7, 11) is 1.62. The van der Waals surface area contributed by atoms with E-state index in [1.807, 2.05) is 6.92 Å². The second kappa shape index (κ2) is 12.6. The van der Waals surface area contributed by atoms with Gasteiger partial charge in [-0.05, 0) is 61.5 Å². The quantitative estimate of drug-likeness (QED) is 0.411. The zero-order chi connectivity index (χ0) is 28.8. The minimum atomic E-state index is -0.513. The number of urea groups is 1. The minimum absolute atomic E-state index is 0.184. The number of ether oxygens (including phenoxy) is 1. The number of pyridine rings is 1. The van der Waals surface area contributed by atoms with Gasteiger partial charge in [0.15, 0.2) is 0 Å². The number of nitrogens with zero attached hydrogens (tertiary/aromatic N) is 3. The number of halogens is 1. The number of aromatic nitrogens is 1. The maximum atomic E-state index is 13.6. The summed E-state index contributed by atoms with van der Waals surface area (Å²) in [4.78, 5) is 46.1. The van der Waals surface area contributed by atoms with Gasteiger partial charge in [0.1, 0.15) is 17.7 Å². The Morgan fingerprint density at radius 1 is 1.12 bits per heavy atom. The Balaban J connectivity index is 1.58. The van der Waals surface area contributed by atoms with E-state index in [2.05, 4.69) is 15.6 Å². The molecule has 10 nitrogen and oxygen atoms in total. The van der Waals surface area contributed by atoms with E-state index in [1.165, 1.54) is 41.6 Å². The summed E-state index contributed by atoms with van der Waals surface area (Å²) in [5.74, 6) is -1.02. The molecule has 1 aliphatic rings. The van der Waals surface area contributed by atoms with E-state index in [1.54, 1.807) is 49.2 Å². The van der Waals surface area contributed by atoms with Gasteiger partial charge in [0.05, 0.1) is 24.8 Å². The molecule has 0 bridgehead atoms. The van der Waals surface area contributed by atoms with Crippen molar-refractivity contribution in [2.45, 2.75) is 26.0 Å². The van der Waals surface area contributed by atoms with Crippen LogP contribution in [0.15, 0.2) is 67.0 Å². The van der Waals surface area contributed by atoms with E-state index < -0.39 is 24.0 Å². The van der Waals surface area contributed by atoms with Crippen LogP contribution in [0, 0.1) is 11.7 Å². The molecule has 0 fully saturated rings. The number of aliphatic hydroxyl groups is 1. The Morgan fingerprint density at radius 3 is 2.48 bits per heavy atom. The highest BCUT2D eigenvalue weighted by atomic mass is 19.1. The Kier molecular flexibility index (Phi) is 8.95. The highest BCUT2D eigenvalue weighted by Gasteiger charge is 2.34. The van der Waals surface area contributed by atoms with Crippen LogP contribution in [0.3, 0.4) is 0 Å². The maximum absolute atomic E-state index is 13.6. The number of benzene rings is 2. The van der Waals surface area contributed by atoms with E-state index in [4.69, 9.17) is 4.74 Å². The second-order valence-electron chi connectivity index (χ2n) is 9.84. The molecule has 4 amide bonds. The first-order valence-electron chi connectivity index (χ1n) is 12.9. The van der Waals surface area contributed by atoms with Crippen molar-refractivity contribution in [2.24, 2.45) is 5.92 Å². The highest BCUT2D eigenvalue weighted by molar-refractivity contribution is 6.05. The van der Waals surface area contributed by atoms with Crippen LogP contribution in [0.5, 0.6) is 5.75 Å². The molecule has 40 heavy (non-hydrogen) atoms. The van der Waals surface area contributed by atoms with Crippen molar-refractivity contribution >= 4 is 29.2 Å². The fourth-order valence-corrected chi connectivity index (χ4v) is 4.33.